The topological polar surface area (TPSA) is 58.6 Å². The third kappa shape index (κ3) is 5.30. The molecule has 0 radical (unpaired) electrons. The van der Waals surface area contributed by atoms with Crippen molar-refractivity contribution in [2.24, 2.45) is 0 Å². The van der Waals surface area contributed by atoms with Crippen molar-refractivity contribution in [2.45, 2.75) is 38.6 Å². The summed E-state index contributed by atoms with van der Waals surface area (Å²) in [6.45, 7) is 2.70. The van der Waals surface area contributed by atoms with Crippen molar-refractivity contribution in [1.29, 1.82) is 0 Å². The molecule has 0 aliphatic heterocycles. The van der Waals surface area contributed by atoms with Gasteiger partial charge in [-0.25, -0.2) is 0 Å². The SMILES string of the molecule is CCCC(NCCCc1ccccc1OC)C(=O)O. The second kappa shape index (κ2) is 8.53. The number of hydrogen-bond acceptors (Lipinski definition) is 3. The molecule has 106 valence electrons. The van der Waals surface area contributed by atoms with E-state index in [-0.39, 0.29) is 0 Å². The zero-order valence-electron chi connectivity index (χ0n) is 11.7. The number of nitrogens with one attached hydrogen (secondary N) is 1. The normalized spacial score (nSPS) is 12.1. The zero-order valence-corrected chi connectivity index (χ0v) is 11.7. The standard InChI is InChI=1S/C15H23NO3/c1-3-7-13(15(17)18)16-11-6-9-12-8-4-5-10-14(12)19-2/h4-5,8,10,13,16H,3,6-7,9,11H2,1-2H3,(H,17,18). The van der Waals surface area contributed by atoms with Crippen LogP contribution in [0.25, 0.3) is 0 Å². The van der Waals surface area contributed by atoms with Gasteiger partial charge in [-0.3, -0.25) is 4.79 Å². The molecular formula is C15H23NO3. The quantitative estimate of drug-likeness (QED) is 0.673. The van der Waals surface area contributed by atoms with Gasteiger partial charge in [-0.05, 0) is 37.4 Å². The van der Waals surface area contributed by atoms with Crippen LogP contribution in [-0.4, -0.2) is 30.8 Å². The van der Waals surface area contributed by atoms with Crippen molar-refractivity contribution in [2.75, 3.05) is 13.7 Å². The summed E-state index contributed by atoms with van der Waals surface area (Å²) >= 11 is 0. The summed E-state index contributed by atoms with van der Waals surface area (Å²) in [4.78, 5) is 11.0. The Morgan fingerprint density at radius 2 is 2.16 bits per heavy atom. The van der Waals surface area contributed by atoms with E-state index < -0.39 is 12.0 Å². The van der Waals surface area contributed by atoms with Crippen LogP contribution in [0.2, 0.25) is 0 Å². The second-order valence-electron chi connectivity index (χ2n) is 4.55. The summed E-state index contributed by atoms with van der Waals surface area (Å²) in [6, 6.07) is 7.49. The first-order valence-corrected chi connectivity index (χ1v) is 6.77. The van der Waals surface area contributed by atoms with E-state index in [2.05, 4.69) is 5.32 Å². The Bertz CT molecular complexity index is 393. The van der Waals surface area contributed by atoms with Crippen LogP contribution in [0.5, 0.6) is 5.75 Å². The highest BCUT2D eigenvalue weighted by molar-refractivity contribution is 5.73. The highest BCUT2D eigenvalue weighted by atomic mass is 16.5. The second-order valence-corrected chi connectivity index (χ2v) is 4.55. The van der Waals surface area contributed by atoms with Crippen molar-refractivity contribution in [1.82, 2.24) is 5.32 Å². The Labute approximate surface area is 114 Å². The predicted octanol–water partition coefficient (Wildman–Crippen LogP) is 2.47. The van der Waals surface area contributed by atoms with Gasteiger partial charge in [0.25, 0.3) is 0 Å². The third-order valence-corrected chi connectivity index (χ3v) is 3.08. The van der Waals surface area contributed by atoms with Crippen LogP contribution in [0.3, 0.4) is 0 Å². The Balaban J connectivity index is 2.35. The van der Waals surface area contributed by atoms with Crippen LogP contribution in [0, 0.1) is 0 Å². The van der Waals surface area contributed by atoms with Gasteiger partial charge in [0.15, 0.2) is 0 Å². The largest absolute Gasteiger partial charge is 0.496 e. The van der Waals surface area contributed by atoms with Gasteiger partial charge >= 0.3 is 5.97 Å². The van der Waals surface area contributed by atoms with Gasteiger partial charge in [0.2, 0.25) is 0 Å². The minimum atomic E-state index is -0.765. The summed E-state index contributed by atoms with van der Waals surface area (Å²) in [5, 5.41) is 12.1. The lowest BCUT2D eigenvalue weighted by molar-refractivity contribution is -0.139. The lowest BCUT2D eigenvalue weighted by atomic mass is 10.1. The maximum Gasteiger partial charge on any atom is 0.320 e. The molecule has 1 aromatic rings. The van der Waals surface area contributed by atoms with Crippen LogP contribution in [0.1, 0.15) is 31.7 Å². The number of aliphatic carboxylic acids is 1. The van der Waals surface area contributed by atoms with E-state index in [1.165, 1.54) is 0 Å². The highest BCUT2D eigenvalue weighted by Crippen LogP contribution is 2.18. The fourth-order valence-corrected chi connectivity index (χ4v) is 2.07. The van der Waals surface area contributed by atoms with Crippen LogP contribution in [-0.2, 0) is 11.2 Å². The lowest BCUT2D eigenvalue weighted by Crippen LogP contribution is -2.37. The molecule has 0 bridgehead atoms. The molecule has 4 heteroatoms. The minimum absolute atomic E-state index is 0.428. The van der Waals surface area contributed by atoms with Crippen molar-refractivity contribution >= 4 is 5.97 Å². The number of aryl methyl sites for hydroxylation is 1. The van der Waals surface area contributed by atoms with Gasteiger partial charge in [-0.1, -0.05) is 31.5 Å². The first kappa shape index (κ1) is 15.5. The summed E-state index contributed by atoms with van der Waals surface area (Å²) in [7, 11) is 1.67. The molecule has 0 fully saturated rings. The van der Waals surface area contributed by atoms with Crippen molar-refractivity contribution < 1.29 is 14.6 Å². The Morgan fingerprint density at radius 1 is 1.42 bits per heavy atom. The molecule has 0 aliphatic carbocycles. The molecule has 1 aromatic carbocycles. The van der Waals surface area contributed by atoms with Gasteiger partial charge < -0.3 is 15.2 Å². The molecule has 0 amide bonds. The van der Waals surface area contributed by atoms with Crippen LogP contribution in [0.15, 0.2) is 24.3 Å². The smallest absolute Gasteiger partial charge is 0.320 e. The molecule has 0 saturated heterocycles. The zero-order chi connectivity index (χ0) is 14.1. The minimum Gasteiger partial charge on any atom is -0.496 e. The van der Waals surface area contributed by atoms with E-state index in [0.29, 0.717) is 13.0 Å². The molecule has 1 unspecified atom stereocenters. The molecule has 4 nitrogen and oxygen atoms in total. The van der Waals surface area contributed by atoms with Crippen LogP contribution in [0.4, 0.5) is 0 Å². The predicted molar refractivity (Wildman–Crippen MR) is 75.6 cm³/mol. The molecule has 0 heterocycles. The Morgan fingerprint density at radius 3 is 2.79 bits per heavy atom. The molecule has 19 heavy (non-hydrogen) atoms. The molecule has 0 aromatic heterocycles. The maximum absolute atomic E-state index is 11.0. The summed E-state index contributed by atoms with van der Waals surface area (Å²) in [5.74, 6) is 0.130. The molecule has 1 rings (SSSR count). The average molecular weight is 265 g/mol. The third-order valence-electron chi connectivity index (χ3n) is 3.08. The van der Waals surface area contributed by atoms with E-state index >= 15 is 0 Å². The summed E-state index contributed by atoms with van der Waals surface area (Å²) < 4.78 is 5.29. The fraction of sp³-hybridized carbons (Fsp3) is 0.533. The van der Waals surface area contributed by atoms with E-state index in [1.54, 1.807) is 7.11 Å². The molecular weight excluding hydrogens is 242 g/mol. The van der Waals surface area contributed by atoms with E-state index in [9.17, 15) is 4.79 Å². The highest BCUT2D eigenvalue weighted by Gasteiger charge is 2.14. The number of para-hydroxylation sites is 1. The average Bonchev–Trinajstić information content (AvgIpc) is 2.42. The molecule has 2 N–H and O–H groups in total. The van der Waals surface area contributed by atoms with Gasteiger partial charge in [0.1, 0.15) is 11.8 Å². The van der Waals surface area contributed by atoms with Crippen molar-refractivity contribution in [3.63, 3.8) is 0 Å². The maximum atomic E-state index is 11.0. The molecule has 0 saturated carbocycles. The Kier molecular flexibility index (Phi) is 6.97. The van der Waals surface area contributed by atoms with Gasteiger partial charge in [-0.15, -0.1) is 0 Å². The lowest BCUT2D eigenvalue weighted by Gasteiger charge is -2.13. The molecule has 0 spiro atoms. The fourth-order valence-electron chi connectivity index (χ4n) is 2.07. The van der Waals surface area contributed by atoms with Crippen LogP contribution < -0.4 is 10.1 Å². The monoisotopic (exact) mass is 265 g/mol. The first-order valence-electron chi connectivity index (χ1n) is 6.77. The number of methoxy groups -OCH3 is 1. The molecule has 1 atom stereocenters. The van der Waals surface area contributed by atoms with Gasteiger partial charge in [0, 0.05) is 0 Å². The number of carboxylic acid groups (broad SMARTS) is 1. The number of carbonyl (C=O) groups is 1. The van der Waals surface area contributed by atoms with Crippen molar-refractivity contribution in [3.05, 3.63) is 29.8 Å². The number of hydrogen-bond donors (Lipinski definition) is 2. The number of carboxylic acids is 1. The van der Waals surface area contributed by atoms with E-state index in [1.807, 2.05) is 31.2 Å². The number of benzene rings is 1. The van der Waals surface area contributed by atoms with E-state index in [0.717, 1.165) is 30.6 Å². The molecule has 0 aliphatic rings. The van der Waals surface area contributed by atoms with Crippen molar-refractivity contribution in [3.8, 4) is 5.75 Å². The van der Waals surface area contributed by atoms with E-state index in [4.69, 9.17) is 9.84 Å². The van der Waals surface area contributed by atoms with Gasteiger partial charge in [0.05, 0.1) is 7.11 Å². The first-order chi connectivity index (χ1) is 9.19. The number of rotatable bonds is 9. The Hall–Kier alpha value is -1.55. The summed E-state index contributed by atoms with van der Waals surface area (Å²) in [5.41, 5.74) is 1.16. The van der Waals surface area contributed by atoms with Crippen LogP contribution >= 0.6 is 0 Å². The summed E-state index contributed by atoms with van der Waals surface area (Å²) in [6.07, 6.45) is 3.32. The number of ether oxygens (including phenoxy) is 1. The van der Waals surface area contributed by atoms with Gasteiger partial charge in [-0.2, -0.15) is 0 Å².